The molecule has 2 aliphatic rings. The molecule has 1 fully saturated rings. The minimum atomic E-state index is -0.129. The second-order valence-corrected chi connectivity index (χ2v) is 9.57. The Labute approximate surface area is 184 Å². The zero-order valence-electron chi connectivity index (χ0n) is 16.3. The molecule has 150 valence electrons. The maximum absolute atomic E-state index is 13.1. The van der Waals surface area contributed by atoms with E-state index in [1.54, 1.807) is 9.80 Å². The molecule has 2 amide bonds. The van der Waals surface area contributed by atoms with Gasteiger partial charge >= 0.3 is 0 Å². The second-order valence-electron chi connectivity index (χ2n) is 7.01. The van der Waals surface area contributed by atoms with Crippen molar-refractivity contribution in [3.8, 4) is 0 Å². The number of halogens is 1. The van der Waals surface area contributed by atoms with E-state index in [0.717, 1.165) is 28.6 Å². The van der Waals surface area contributed by atoms with Crippen molar-refractivity contribution in [2.75, 3.05) is 18.0 Å². The van der Waals surface area contributed by atoms with E-state index < -0.39 is 0 Å². The molecule has 0 spiro atoms. The van der Waals surface area contributed by atoms with E-state index in [9.17, 15) is 9.59 Å². The number of benzene rings is 1. The summed E-state index contributed by atoms with van der Waals surface area (Å²) in [6.07, 6.45) is 6.96. The van der Waals surface area contributed by atoms with Crippen molar-refractivity contribution in [1.29, 1.82) is 0 Å². The first-order valence-corrected chi connectivity index (χ1v) is 11.9. The maximum Gasteiger partial charge on any atom is 0.267 e. The van der Waals surface area contributed by atoms with Crippen LogP contribution in [0.3, 0.4) is 0 Å². The van der Waals surface area contributed by atoms with E-state index in [0.29, 0.717) is 27.9 Å². The molecule has 7 heteroatoms. The molecule has 0 bridgehead atoms. The van der Waals surface area contributed by atoms with Crippen LogP contribution in [0.15, 0.2) is 27.6 Å². The van der Waals surface area contributed by atoms with Gasteiger partial charge in [0.25, 0.3) is 11.8 Å². The predicted molar refractivity (Wildman–Crippen MR) is 124 cm³/mol. The Bertz CT molecular complexity index is 838. The lowest BCUT2D eigenvalue weighted by Crippen LogP contribution is -2.30. The summed E-state index contributed by atoms with van der Waals surface area (Å²) in [6, 6.07) is 5.75. The van der Waals surface area contributed by atoms with E-state index in [2.05, 4.69) is 22.9 Å². The zero-order chi connectivity index (χ0) is 20.3. The smallest absolute Gasteiger partial charge is 0.267 e. The summed E-state index contributed by atoms with van der Waals surface area (Å²) in [7, 11) is 0. The lowest BCUT2D eigenvalue weighted by Gasteiger charge is -2.14. The molecule has 0 N–H and O–H groups in total. The van der Waals surface area contributed by atoms with Crippen LogP contribution in [0, 0.1) is 0 Å². The van der Waals surface area contributed by atoms with Crippen molar-refractivity contribution >= 4 is 67.3 Å². The maximum atomic E-state index is 13.1. The summed E-state index contributed by atoms with van der Waals surface area (Å²) >= 11 is 10.2. The fourth-order valence-electron chi connectivity index (χ4n) is 3.63. The summed E-state index contributed by atoms with van der Waals surface area (Å²) in [5.74, 6) is -0.244. The van der Waals surface area contributed by atoms with Gasteiger partial charge in [0.2, 0.25) is 0 Å². The summed E-state index contributed by atoms with van der Waals surface area (Å²) in [5, 5.41) is 0. The first-order valence-electron chi connectivity index (χ1n) is 9.89. The number of carbonyl (C=O) groups is 2. The molecule has 2 aliphatic heterocycles. The highest BCUT2D eigenvalue weighted by Crippen LogP contribution is 2.45. The Balaban J connectivity index is 1.81. The SMILES string of the molecule is CCCCCCCCN1C(=O)/C(=C2/C(=O)N(CC)c3ccc(Br)cc32)SC1=S. The van der Waals surface area contributed by atoms with Crippen LogP contribution in [0.5, 0.6) is 0 Å². The number of nitrogens with zero attached hydrogens (tertiary/aromatic N) is 2. The van der Waals surface area contributed by atoms with Gasteiger partial charge in [-0.1, -0.05) is 78.9 Å². The van der Waals surface area contributed by atoms with Crippen molar-refractivity contribution in [1.82, 2.24) is 4.90 Å². The van der Waals surface area contributed by atoms with Gasteiger partial charge in [-0.15, -0.1) is 0 Å². The molecule has 1 aromatic carbocycles. The lowest BCUT2D eigenvalue weighted by atomic mass is 10.1. The molecule has 0 aliphatic carbocycles. The summed E-state index contributed by atoms with van der Waals surface area (Å²) < 4.78 is 1.44. The highest BCUT2D eigenvalue weighted by molar-refractivity contribution is 9.10. The third-order valence-electron chi connectivity index (χ3n) is 5.11. The average Bonchev–Trinajstić information content (AvgIpc) is 3.10. The highest BCUT2D eigenvalue weighted by Gasteiger charge is 2.41. The number of carbonyl (C=O) groups excluding carboxylic acids is 2. The summed E-state index contributed by atoms with van der Waals surface area (Å²) in [4.78, 5) is 30.0. The number of unbranched alkanes of at least 4 members (excludes halogenated alkanes) is 5. The number of fused-ring (bicyclic) bond motifs is 1. The largest absolute Gasteiger partial charge is 0.308 e. The van der Waals surface area contributed by atoms with E-state index in [1.165, 1.54) is 37.4 Å². The quantitative estimate of drug-likeness (QED) is 0.270. The van der Waals surface area contributed by atoms with Crippen LogP contribution in [0.25, 0.3) is 5.57 Å². The normalized spacial score (nSPS) is 19.2. The predicted octanol–water partition coefficient (Wildman–Crippen LogP) is 5.75. The van der Waals surface area contributed by atoms with Crippen LogP contribution < -0.4 is 4.90 Å². The molecule has 0 unspecified atom stereocenters. The number of hydrogen-bond acceptors (Lipinski definition) is 4. The molecule has 0 atom stereocenters. The number of rotatable bonds is 8. The third kappa shape index (κ3) is 4.21. The Morgan fingerprint density at radius 3 is 2.43 bits per heavy atom. The Hall–Kier alpha value is -1.18. The van der Waals surface area contributed by atoms with Gasteiger partial charge in [-0.05, 0) is 31.5 Å². The molecule has 28 heavy (non-hydrogen) atoms. The Morgan fingerprint density at radius 1 is 1.00 bits per heavy atom. The lowest BCUT2D eigenvalue weighted by molar-refractivity contribution is -0.122. The minimum Gasteiger partial charge on any atom is -0.308 e. The zero-order valence-corrected chi connectivity index (χ0v) is 19.5. The molecule has 2 heterocycles. The van der Waals surface area contributed by atoms with Gasteiger partial charge in [0.05, 0.1) is 16.2 Å². The van der Waals surface area contributed by atoms with Crippen molar-refractivity contribution in [3.05, 3.63) is 33.1 Å². The second kappa shape index (κ2) is 9.55. The van der Waals surface area contributed by atoms with E-state index in [-0.39, 0.29) is 11.8 Å². The molecule has 3 rings (SSSR count). The number of hydrogen-bond donors (Lipinski definition) is 0. The van der Waals surface area contributed by atoms with Gasteiger partial charge in [0.15, 0.2) is 0 Å². The van der Waals surface area contributed by atoms with Gasteiger partial charge in [-0.2, -0.15) is 0 Å². The van der Waals surface area contributed by atoms with Gasteiger partial charge in [-0.3, -0.25) is 14.5 Å². The van der Waals surface area contributed by atoms with Crippen molar-refractivity contribution < 1.29 is 9.59 Å². The number of amides is 2. The minimum absolute atomic E-state index is 0.115. The first kappa shape index (κ1) is 21.5. The average molecular weight is 481 g/mol. The number of thioether (sulfide) groups is 1. The highest BCUT2D eigenvalue weighted by atomic mass is 79.9. The van der Waals surface area contributed by atoms with E-state index in [4.69, 9.17) is 12.2 Å². The van der Waals surface area contributed by atoms with Crippen molar-refractivity contribution in [2.24, 2.45) is 0 Å². The molecular weight excluding hydrogens is 456 g/mol. The molecule has 0 radical (unpaired) electrons. The molecule has 0 aromatic heterocycles. The Kier molecular flexibility index (Phi) is 7.34. The summed E-state index contributed by atoms with van der Waals surface area (Å²) in [6.45, 7) is 5.34. The fourth-order valence-corrected chi connectivity index (χ4v) is 5.37. The number of anilines is 1. The van der Waals surface area contributed by atoms with Crippen LogP contribution >= 0.6 is 39.9 Å². The van der Waals surface area contributed by atoms with Gasteiger partial charge in [-0.25, -0.2) is 0 Å². The molecule has 1 saturated heterocycles. The summed E-state index contributed by atoms with van der Waals surface area (Å²) in [5.41, 5.74) is 2.15. The number of thiocarbonyl (C=S) groups is 1. The third-order valence-corrected chi connectivity index (χ3v) is 7.05. The van der Waals surface area contributed by atoms with Gasteiger partial charge in [0.1, 0.15) is 4.32 Å². The Morgan fingerprint density at radius 2 is 1.71 bits per heavy atom. The van der Waals surface area contributed by atoms with Crippen LogP contribution in [-0.2, 0) is 9.59 Å². The molecular formula is C21H25BrN2O2S2. The van der Waals surface area contributed by atoms with Crippen LogP contribution in [0.2, 0.25) is 0 Å². The molecule has 0 saturated carbocycles. The van der Waals surface area contributed by atoms with Crippen molar-refractivity contribution in [2.45, 2.75) is 52.4 Å². The standard InChI is InChI=1S/C21H25BrN2O2S2/c1-3-5-6-7-8-9-12-24-20(26)18(28-21(24)27)17-15-13-14(22)10-11-16(15)23(4-2)19(17)25/h10-11,13H,3-9,12H2,1-2H3/b18-17-. The number of likely N-dealkylation sites (N-methyl/N-ethyl adjacent to an activating group) is 1. The van der Waals surface area contributed by atoms with Crippen LogP contribution in [0.1, 0.15) is 57.9 Å². The fraction of sp³-hybridized carbons (Fsp3) is 0.476. The van der Waals surface area contributed by atoms with E-state index in [1.807, 2.05) is 25.1 Å². The first-order chi connectivity index (χ1) is 13.5. The van der Waals surface area contributed by atoms with Gasteiger partial charge in [0, 0.05) is 23.1 Å². The van der Waals surface area contributed by atoms with Gasteiger partial charge < -0.3 is 4.90 Å². The molecule has 4 nitrogen and oxygen atoms in total. The monoisotopic (exact) mass is 480 g/mol. The van der Waals surface area contributed by atoms with E-state index >= 15 is 0 Å². The van der Waals surface area contributed by atoms with Crippen LogP contribution in [-0.4, -0.2) is 34.1 Å². The molecule has 1 aromatic rings. The van der Waals surface area contributed by atoms with Crippen LogP contribution in [0.4, 0.5) is 5.69 Å². The van der Waals surface area contributed by atoms with Crippen molar-refractivity contribution in [3.63, 3.8) is 0 Å². The topological polar surface area (TPSA) is 40.6 Å².